The third kappa shape index (κ3) is 3.49. The van der Waals surface area contributed by atoms with Crippen LogP contribution in [0.25, 0.3) is 0 Å². The second-order valence-electron chi connectivity index (χ2n) is 4.14. The van der Waals surface area contributed by atoms with E-state index in [2.05, 4.69) is 4.72 Å². The molecule has 8 heteroatoms. The van der Waals surface area contributed by atoms with Crippen LogP contribution in [0.5, 0.6) is 0 Å². The minimum absolute atomic E-state index is 0.0262. The summed E-state index contributed by atoms with van der Waals surface area (Å²) in [5, 5.41) is 8.97. The smallest absolute Gasteiger partial charge is 0.262 e. The second-order valence-corrected chi connectivity index (χ2v) is 6.20. The van der Waals surface area contributed by atoms with Crippen molar-refractivity contribution in [1.82, 2.24) is 0 Å². The first-order valence-corrected chi connectivity index (χ1v) is 7.57. The van der Waals surface area contributed by atoms with Crippen molar-refractivity contribution < 1.29 is 22.3 Å². The van der Waals surface area contributed by atoms with E-state index in [1.807, 2.05) is 0 Å². The summed E-state index contributed by atoms with van der Waals surface area (Å²) >= 11 is 5.50. The Bertz CT molecular complexity index is 781. The number of halogens is 3. The molecule has 0 amide bonds. The third-order valence-electron chi connectivity index (χ3n) is 2.66. The highest BCUT2D eigenvalue weighted by Crippen LogP contribution is 2.23. The summed E-state index contributed by atoms with van der Waals surface area (Å²) in [6, 6.07) is 6.32. The Morgan fingerprint density at radius 2 is 1.86 bits per heavy atom. The normalized spacial score (nSPS) is 11.4. The van der Waals surface area contributed by atoms with Crippen LogP contribution in [0, 0.1) is 11.6 Å². The standard InChI is InChI=1S/C13H10ClF2NO3S/c14-11-4-3-10(6-12(11)16)17-21(19,20)13-5-9(15)2-1-8(13)7-18/h1-6,17-18H,7H2. The van der Waals surface area contributed by atoms with Gasteiger partial charge in [0.15, 0.2) is 0 Å². The Labute approximate surface area is 125 Å². The Morgan fingerprint density at radius 1 is 1.14 bits per heavy atom. The van der Waals surface area contributed by atoms with Gasteiger partial charge in [-0.05, 0) is 35.9 Å². The minimum Gasteiger partial charge on any atom is -0.392 e. The lowest BCUT2D eigenvalue weighted by molar-refractivity contribution is 0.278. The molecule has 2 aromatic rings. The average Bonchev–Trinajstić information content (AvgIpc) is 2.42. The summed E-state index contributed by atoms with van der Waals surface area (Å²) < 4.78 is 53.0. The number of hydrogen-bond donors (Lipinski definition) is 2. The molecule has 4 nitrogen and oxygen atoms in total. The molecule has 0 saturated carbocycles. The zero-order valence-corrected chi connectivity index (χ0v) is 12.0. The molecule has 0 atom stereocenters. The van der Waals surface area contributed by atoms with Crippen LogP contribution >= 0.6 is 11.6 Å². The summed E-state index contributed by atoms with van der Waals surface area (Å²) in [7, 11) is -4.17. The molecule has 0 aliphatic rings. The van der Waals surface area contributed by atoms with Crippen LogP contribution < -0.4 is 4.72 Å². The molecule has 2 N–H and O–H groups in total. The minimum atomic E-state index is -4.17. The first-order valence-electron chi connectivity index (χ1n) is 5.70. The van der Waals surface area contributed by atoms with Crippen molar-refractivity contribution in [2.45, 2.75) is 11.5 Å². The first-order chi connectivity index (χ1) is 9.83. The second kappa shape index (κ2) is 5.97. The lowest BCUT2D eigenvalue weighted by Crippen LogP contribution is -2.15. The maximum Gasteiger partial charge on any atom is 0.262 e. The van der Waals surface area contributed by atoms with Gasteiger partial charge in [0.05, 0.1) is 22.2 Å². The highest BCUT2D eigenvalue weighted by molar-refractivity contribution is 7.92. The van der Waals surface area contributed by atoms with Gasteiger partial charge < -0.3 is 5.11 Å². The van der Waals surface area contributed by atoms with Gasteiger partial charge in [0.1, 0.15) is 11.6 Å². The van der Waals surface area contributed by atoms with Crippen LogP contribution in [0.15, 0.2) is 41.3 Å². The van der Waals surface area contributed by atoms with Crippen molar-refractivity contribution in [1.29, 1.82) is 0 Å². The fraction of sp³-hybridized carbons (Fsp3) is 0.0769. The highest BCUT2D eigenvalue weighted by atomic mass is 35.5. The van der Waals surface area contributed by atoms with Crippen LogP contribution in [-0.4, -0.2) is 13.5 Å². The van der Waals surface area contributed by atoms with Gasteiger partial charge in [-0.3, -0.25) is 4.72 Å². The molecule has 0 aliphatic heterocycles. The molecular formula is C13H10ClF2NO3S. The fourth-order valence-electron chi connectivity index (χ4n) is 1.68. The predicted octanol–water partition coefficient (Wildman–Crippen LogP) is 2.91. The number of anilines is 1. The van der Waals surface area contributed by atoms with E-state index in [1.165, 1.54) is 12.1 Å². The zero-order valence-electron chi connectivity index (χ0n) is 10.5. The van der Waals surface area contributed by atoms with E-state index in [9.17, 15) is 17.2 Å². The quantitative estimate of drug-likeness (QED) is 0.904. The van der Waals surface area contributed by atoms with Crippen LogP contribution in [0.3, 0.4) is 0 Å². The number of aliphatic hydroxyl groups is 1. The molecule has 2 aromatic carbocycles. The number of rotatable bonds is 4. The van der Waals surface area contributed by atoms with Crippen molar-refractivity contribution in [3.63, 3.8) is 0 Å². The Hall–Kier alpha value is -1.70. The molecule has 0 saturated heterocycles. The molecule has 0 spiro atoms. The van der Waals surface area contributed by atoms with Gasteiger partial charge in [-0.1, -0.05) is 17.7 Å². The van der Waals surface area contributed by atoms with Crippen molar-refractivity contribution in [2.24, 2.45) is 0 Å². The van der Waals surface area contributed by atoms with Gasteiger partial charge in [0.25, 0.3) is 10.0 Å². The number of sulfonamides is 1. The van der Waals surface area contributed by atoms with Crippen LogP contribution in [-0.2, 0) is 16.6 Å². The fourth-order valence-corrected chi connectivity index (χ4v) is 3.09. The Balaban J connectivity index is 2.42. The lowest BCUT2D eigenvalue weighted by Gasteiger charge is -2.11. The van der Waals surface area contributed by atoms with Crippen LogP contribution in [0.1, 0.15) is 5.56 Å². The first kappa shape index (κ1) is 15.7. The number of benzene rings is 2. The molecule has 21 heavy (non-hydrogen) atoms. The molecule has 112 valence electrons. The van der Waals surface area contributed by atoms with E-state index in [-0.39, 0.29) is 16.3 Å². The lowest BCUT2D eigenvalue weighted by atomic mass is 10.2. The van der Waals surface area contributed by atoms with E-state index in [1.54, 1.807) is 0 Å². The molecule has 0 aromatic heterocycles. The van der Waals surface area contributed by atoms with Crippen molar-refractivity contribution in [2.75, 3.05) is 4.72 Å². The highest BCUT2D eigenvalue weighted by Gasteiger charge is 2.19. The van der Waals surface area contributed by atoms with Gasteiger partial charge in [0, 0.05) is 0 Å². The van der Waals surface area contributed by atoms with Crippen LogP contribution in [0.4, 0.5) is 14.5 Å². The van der Waals surface area contributed by atoms with Gasteiger partial charge in [-0.25, -0.2) is 17.2 Å². The van der Waals surface area contributed by atoms with Crippen molar-refractivity contribution in [3.8, 4) is 0 Å². The van der Waals surface area contributed by atoms with E-state index in [0.29, 0.717) is 0 Å². The largest absolute Gasteiger partial charge is 0.392 e. The Morgan fingerprint density at radius 3 is 2.48 bits per heavy atom. The van der Waals surface area contributed by atoms with E-state index < -0.39 is 33.2 Å². The molecular weight excluding hydrogens is 324 g/mol. The number of aliphatic hydroxyl groups excluding tert-OH is 1. The number of nitrogens with one attached hydrogen (secondary N) is 1. The maximum atomic E-state index is 13.3. The molecule has 0 aliphatic carbocycles. The topological polar surface area (TPSA) is 66.4 Å². The van der Waals surface area contributed by atoms with Gasteiger partial charge in [-0.2, -0.15) is 0 Å². The SMILES string of the molecule is O=S(=O)(Nc1ccc(Cl)c(F)c1)c1cc(F)ccc1CO. The van der Waals surface area contributed by atoms with Crippen LogP contribution in [0.2, 0.25) is 5.02 Å². The summed E-state index contributed by atoms with van der Waals surface area (Å²) in [6.07, 6.45) is 0. The molecule has 2 rings (SSSR count). The number of hydrogen-bond acceptors (Lipinski definition) is 3. The van der Waals surface area contributed by atoms with E-state index in [4.69, 9.17) is 16.7 Å². The van der Waals surface area contributed by atoms with Crippen molar-refractivity contribution >= 4 is 27.3 Å². The maximum absolute atomic E-state index is 13.3. The molecule has 0 fully saturated rings. The molecule has 0 heterocycles. The van der Waals surface area contributed by atoms with Gasteiger partial charge in [0.2, 0.25) is 0 Å². The predicted molar refractivity (Wildman–Crippen MR) is 74.5 cm³/mol. The Kier molecular flexibility index (Phi) is 4.46. The van der Waals surface area contributed by atoms with E-state index >= 15 is 0 Å². The monoisotopic (exact) mass is 333 g/mol. The summed E-state index contributed by atoms with van der Waals surface area (Å²) in [6.45, 7) is -0.578. The molecule has 0 bridgehead atoms. The van der Waals surface area contributed by atoms with E-state index in [0.717, 1.165) is 24.3 Å². The summed E-state index contributed by atoms with van der Waals surface area (Å²) in [4.78, 5) is -0.416. The van der Waals surface area contributed by atoms with Crippen molar-refractivity contribution in [3.05, 3.63) is 58.6 Å². The average molecular weight is 334 g/mol. The summed E-state index contributed by atoms with van der Waals surface area (Å²) in [5.74, 6) is -1.56. The molecule has 0 radical (unpaired) electrons. The zero-order chi connectivity index (χ0) is 15.6. The third-order valence-corrected chi connectivity index (χ3v) is 4.43. The summed E-state index contributed by atoms with van der Waals surface area (Å²) in [5.41, 5.74) is -0.0385. The molecule has 0 unspecified atom stereocenters. The van der Waals surface area contributed by atoms with Gasteiger partial charge >= 0.3 is 0 Å². The van der Waals surface area contributed by atoms with Gasteiger partial charge in [-0.15, -0.1) is 0 Å².